The minimum Gasteiger partial charge on any atom is -0.292 e. The van der Waals surface area contributed by atoms with Gasteiger partial charge in [-0.1, -0.05) is 44.2 Å². The third kappa shape index (κ3) is 4.84. The Morgan fingerprint density at radius 1 is 1.26 bits per heavy atom. The van der Waals surface area contributed by atoms with Crippen LogP contribution in [0.3, 0.4) is 0 Å². The van der Waals surface area contributed by atoms with Crippen LogP contribution in [0.5, 0.6) is 0 Å². The van der Waals surface area contributed by atoms with E-state index in [0.717, 1.165) is 12.1 Å². The maximum atomic E-state index is 12.4. The molecule has 19 heavy (non-hydrogen) atoms. The molecule has 1 aromatic carbocycles. The van der Waals surface area contributed by atoms with Crippen molar-refractivity contribution in [3.05, 3.63) is 35.9 Å². The van der Waals surface area contributed by atoms with Crippen molar-refractivity contribution in [2.24, 2.45) is 5.92 Å². The molecule has 0 radical (unpaired) electrons. The van der Waals surface area contributed by atoms with Gasteiger partial charge in [-0.05, 0) is 12.8 Å². The van der Waals surface area contributed by atoms with Crippen molar-refractivity contribution in [1.82, 2.24) is 4.90 Å². The molecule has 1 aromatic rings. The third-order valence-corrected chi connectivity index (χ3v) is 3.10. The van der Waals surface area contributed by atoms with Crippen molar-refractivity contribution in [3.8, 4) is 6.07 Å². The summed E-state index contributed by atoms with van der Waals surface area (Å²) in [6.45, 7) is 7.66. The van der Waals surface area contributed by atoms with Crippen molar-refractivity contribution in [2.45, 2.75) is 33.2 Å². The molecule has 0 fully saturated rings. The van der Waals surface area contributed by atoms with Crippen LogP contribution < -0.4 is 0 Å². The van der Waals surface area contributed by atoms with Gasteiger partial charge < -0.3 is 0 Å². The molecule has 0 saturated carbocycles. The van der Waals surface area contributed by atoms with Crippen molar-refractivity contribution >= 4 is 5.78 Å². The van der Waals surface area contributed by atoms with E-state index in [1.807, 2.05) is 37.3 Å². The number of nitriles is 1. The number of Topliss-reactive ketones (excluding diaryl/α,β-unsaturated/α-hetero) is 1. The normalized spacial score (nSPS) is 12.4. The first-order valence-electron chi connectivity index (χ1n) is 6.76. The number of rotatable bonds is 7. The van der Waals surface area contributed by atoms with Gasteiger partial charge in [0, 0.05) is 25.1 Å². The molecule has 0 amide bonds. The molecule has 0 bridgehead atoms. The topological polar surface area (TPSA) is 44.1 Å². The second-order valence-corrected chi connectivity index (χ2v) is 5.20. The van der Waals surface area contributed by atoms with Crippen molar-refractivity contribution < 1.29 is 4.79 Å². The highest BCUT2D eigenvalue weighted by Crippen LogP contribution is 2.11. The zero-order valence-corrected chi connectivity index (χ0v) is 12.0. The van der Waals surface area contributed by atoms with Crippen LogP contribution >= 0.6 is 0 Å². The molecule has 0 aromatic heterocycles. The Kier molecular flexibility index (Phi) is 6.24. The highest BCUT2D eigenvalue weighted by molar-refractivity contribution is 5.99. The van der Waals surface area contributed by atoms with Gasteiger partial charge in [0.05, 0.1) is 12.1 Å². The van der Waals surface area contributed by atoms with E-state index in [4.69, 9.17) is 5.26 Å². The molecule has 3 heteroatoms. The Labute approximate surface area is 115 Å². The zero-order chi connectivity index (χ0) is 14.3. The summed E-state index contributed by atoms with van der Waals surface area (Å²) < 4.78 is 0. The molecule has 102 valence electrons. The van der Waals surface area contributed by atoms with Gasteiger partial charge in [0.2, 0.25) is 0 Å². The summed E-state index contributed by atoms with van der Waals surface area (Å²) in [6.07, 6.45) is 0.457. The van der Waals surface area contributed by atoms with Gasteiger partial charge in [0.1, 0.15) is 0 Å². The third-order valence-electron chi connectivity index (χ3n) is 3.10. The summed E-state index contributed by atoms with van der Waals surface area (Å²) >= 11 is 0. The second-order valence-electron chi connectivity index (χ2n) is 5.20. The Morgan fingerprint density at radius 2 is 1.89 bits per heavy atom. The van der Waals surface area contributed by atoms with Crippen LogP contribution in [0, 0.1) is 17.2 Å². The number of ketones is 1. The minimum absolute atomic E-state index is 0.124. The molecule has 1 unspecified atom stereocenters. The van der Waals surface area contributed by atoms with E-state index in [1.165, 1.54) is 0 Å². The lowest BCUT2D eigenvalue weighted by molar-refractivity contribution is 0.0824. The fourth-order valence-electron chi connectivity index (χ4n) is 2.12. The Bertz CT molecular complexity index is 434. The summed E-state index contributed by atoms with van der Waals surface area (Å²) in [5.74, 6) is 0.601. The molecule has 0 aliphatic heterocycles. The van der Waals surface area contributed by atoms with Crippen molar-refractivity contribution in [3.63, 3.8) is 0 Å². The molecule has 0 aliphatic rings. The fraction of sp³-hybridized carbons (Fsp3) is 0.500. The first-order valence-corrected chi connectivity index (χ1v) is 6.76. The maximum absolute atomic E-state index is 12.4. The summed E-state index contributed by atoms with van der Waals surface area (Å²) in [7, 11) is 0. The van der Waals surface area contributed by atoms with Gasteiger partial charge in [0.25, 0.3) is 0 Å². The standard InChI is InChI=1S/C16H22N2O/c1-13(2)12-18(11-7-10-17)14(3)16(19)15-8-5-4-6-9-15/h4-6,8-9,13-14H,7,11-12H2,1-3H3. The quantitative estimate of drug-likeness (QED) is 0.706. The average molecular weight is 258 g/mol. The first-order chi connectivity index (χ1) is 9.06. The molecule has 1 atom stereocenters. The van der Waals surface area contributed by atoms with E-state index >= 15 is 0 Å². The zero-order valence-electron chi connectivity index (χ0n) is 12.0. The van der Waals surface area contributed by atoms with Crippen LogP contribution in [0.1, 0.15) is 37.6 Å². The van der Waals surface area contributed by atoms with Crippen molar-refractivity contribution in [1.29, 1.82) is 5.26 Å². The maximum Gasteiger partial charge on any atom is 0.179 e. The Balaban J connectivity index is 2.78. The molecule has 0 heterocycles. The average Bonchev–Trinajstić information content (AvgIpc) is 2.42. The van der Waals surface area contributed by atoms with E-state index in [9.17, 15) is 4.79 Å². The predicted octanol–water partition coefficient (Wildman–Crippen LogP) is 3.13. The Morgan fingerprint density at radius 3 is 2.42 bits per heavy atom. The largest absolute Gasteiger partial charge is 0.292 e. The number of nitrogens with zero attached hydrogens (tertiary/aromatic N) is 2. The summed E-state index contributed by atoms with van der Waals surface area (Å²) in [4.78, 5) is 14.5. The lowest BCUT2D eigenvalue weighted by Gasteiger charge is -2.29. The lowest BCUT2D eigenvalue weighted by atomic mass is 10.0. The van der Waals surface area contributed by atoms with E-state index in [2.05, 4.69) is 24.8 Å². The van der Waals surface area contributed by atoms with Crippen LogP contribution in [-0.4, -0.2) is 29.8 Å². The molecule has 0 saturated heterocycles. The SMILES string of the molecule is CC(C)CN(CCC#N)C(C)C(=O)c1ccccc1. The second kappa shape index (κ2) is 7.70. The van der Waals surface area contributed by atoms with Crippen LogP contribution in [-0.2, 0) is 0 Å². The number of hydrogen-bond acceptors (Lipinski definition) is 3. The molecule has 0 spiro atoms. The van der Waals surface area contributed by atoms with E-state index < -0.39 is 0 Å². The molecule has 0 N–H and O–H groups in total. The highest BCUT2D eigenvalue weighted by Gasteiger charge is 2.22. The van der Waals surface area contributed by atoms with Crippen LogP contribution in [0.4, 0.5) is 0 Å². The molecular formula is C16H22N2O. The van der Waals surface area contributed by atoms with Crippen LogP contribution in [0.25, 0.3) is 0 Å². The molecule has 1 rings (SSSR count). The predicted molar refractivity (Wildman–Crippen MR) is 76.9 cm³/mol. The molecule has 3 nitrogen and oxygen atoms in total. The molecule has 0 aliphatic carbocycles. The summed E-state index contributed by atoms with van der Waals surface area (Å²) in [6, 6.07) is 11.3. The first kappa shape index (κ1) is 15.4. The van der Waals surface area contributed by atoms with Crippen LogP contribution in [0.2, 0.25) is 0 Å². The minimum atomic E-state index is -0.182. The Hall–Kier alpha value is -1.66. The van der Waals surface area contributed by atoms with Gasteiger partial charge >= 0.3 is 0 Å². The smallest absolute Gasteiger partial charge is 0.179 e. The van der Waals surface area contributed by atoms with E-state index in [1.54, 1.807) is 0 Å². The lowest BCUT2D eigenvalue weighted by Crippen LogP contribution is -2.41. The van der Waals surface area contributed by atoms with Gasteiger partial charge in [-0.15, -0.1) is 0 Å². The molecular weight excluding hydrogens is 236 g/mol. The van der Waals surface area contributed by atoms with Gasteiger partial charge in [0.15, 0.2) is 5.78 Å². The number of carbonyl (C=O) groups excluding carboxylic acids is 1. The number of benzene rings is 1. The highest BCUT2D eigenvalue weighted by atomic mass is 16.1. The summed E-state index contributed by atoms with van der Waals surface area (Å²) in [5.41, 5.74) is 0.737. The number of hydrogen-bond donors (Lipinski definition) is 0. The monoisotopic (exact) mass is 258 g/mol. The number of carbonyl (C=O) groups is 1. The van der Waals surface area contributed by atoms with Gasteiger partial charge in [-0.3, -0.25) is 9.69 Å². The fourth-order valence-corrected chi connectivity index (χ4v) is 2.12. The van der Waals surface area contributed by atoms with Gasteiger partial charge in [-0.25, -0.2) is 0 Å². The van der Waals surface area contributed by atoms with E-state index in [-0.39, 0.29) is 11.8 Å². The van der Waals surface area contributed by atoms with Crippen LogP contribution in [0.15, 0.2) is 30.3 Å². The van der Waals surface area contributed by atoms with Gasteiger partial charge in [-0.2, -0.15) is 5.26 Å². The van der Waals surface area contributed by atoms with Crippen molar-refractivity contribution in [2.75, 3.05) is 13.1 Å². The summed E-state index contributed by atoms with van der Waals surface area (Å²) in [5, 5.41) is 8.73. The van der Waals surface area contributed by atoms with E-state index in [0.29, 0.717) is 18.9 Å².